The van der Waals surface area contributed by atoms with Crippen LogP contribution in [0.3, 0.4) is 0 Å². The number of piperidine rings is 1. The van der Waals surface area contributed by atoms with Crippen LogP contribution in [0, 0.1) is 5.82 Å². The van der Waals surface area contributed by atoms with Crippen LogP contribution >= 0.6 is 11.6 Å². The quantitative estimate of drug-likeness (QED) is 0.493. The number of aromatic amines is 1. The number of carbonyl (C=O) groups is 2. The molecule has 2 fully saturated rings. The summed E-state index contributed by atoms with van der Waals surface area (Å²) >= 11 is 6.13. The molecule has 36 heavy (non-hydrogen) atoms. The fraction of sp³-hybridized carbons (Fsp3) is 0.407. The maximum atomic E-state index is 14.3. The summed E-state index contributed by atoms with van der Waals surface area (Å²) in [5, 5.41) is 11.0. The second-order valence-corrected chi connectivity index (χ2v) is 10.7. The van der Waals surface area contributed by atoms with E-state index in [0.29, 0.717) is 29.9 Å². The molecule has 3 aliphatic heterocycles. The third-order valence-electron chi connectivity index (χ3n) is 7.98. The summed E-state index contributed by atoms with van der Waals surface area (Å²) in [5.41, 5.74) is 1.63. The molecule has 2 atom stereocenters. The molecule has 0 saturated carbocycles. The van der Waals surface area contributed by atoms with Crippen molar-refractivity contribution in [3.8, 4) is 5.75 Å². The van der Waals surface area contributed by atoms with Gasteiger partial charge in [-0.1, -0.05) is 30.2 Å². The number of nitrogens with one attached hydrogen (secondary N) is 1. The second-order valence-electron chi connectivity index (χ2n) is 10.3. The summed E-state index contributed by atoms with van der Waals surface area (Å²) in [6.07, 6.45) is 3.77. The molecule has 9 heteroatoms. The van der Waals surface area contributed by atoms with Crippen molar-refractivity contribution in [2.75, 3.05) is 26.2 Å². The van der Waals surface area contributed by atoms with Crippen molar-refractivity contribution < 1.29 is 19.1 Å². The van der Waals surface area contributed by atoms with Gasteiger partial charge < -0.3 is 15.0 Å². The molecule has 0 unspecified atom stereocenters. The number of halogens is 2. The largest absolute Gasteiger partial charge is 0.508 e. The standard InChI is InChI=1S/C27H28ClFN4O3/c1-27-15-19-18-13-20(28)21(29)14-22(18)30-23(19)24(16-6-5-7-17(34)12-16)33(27)26(36)32(25(27)35)11-10-31-8-3-2-4-9-31/h5-7,12-14,24,30,34H,2-4,8-11,15H2,1H3/t24-,27+/m1/s1. The smallest absolute Gasteiger partial charge is 0.328 e. The van der Waals surface area contributed by atoms with Crippen molar-refractivity contribution in [1.29, 1.82) is 0 Å². The minimum absolute atomic E-state index is 0.00257. The molecule has 0 radical (unpaired) electrons. The van der Waals surface area contributed by atoms with E-state index in [9.17, 15) is 19.1 Å². The van der Waals surface area contributed by atoms with Gasteiger partial charge in [0.2, 0.25) is 0 Å². The molecule has 3 amide bonds. The number of carbonyl (C=O) groups excluding carboxylic acids is 2. The lowest BCUT2D eigenvalue weighted by atomic mass is 9.81. The van der Waals surface area contributed by atoms with Crippen molar-refractivity contribution in [3.63, 3.8) is 0 Å². The van der Waals surface area contributed by atoms with Crippen LogP contribution in [0.1, 0.15) is 49.0 Å². The Balaban J connectivity index is 1.46. The topological polar surface area (TPSA) is 79.9 Å². The first-order valence-corrected chi connectivity index (χ1v) is 12.8. The number of hydrogen-bond acceptors (Lipinski definition) is 4. The van der Waals surface area contributed by atoms with Gasteiger partial charge in [-0.05, 0) is 68.2 Å². The molecule has 2 aromatic carbocycles. The van der Waals surface area contributed by atoms with Crippen molar-refractivity contribution in [3.05, 3.63) is 64.1 Å². The lowest BCUT2D eigenvalue weighted by molar-refractivity contribution is -0.133. The average Bonchev–Trinajstić information content (AvgIpc) is 3.28. The summed E-state index contributed by atoms with van der Waals surface area (Å²) in [7, 11) is 0. The maximum Gasteiger partial charge on any atom is 0.328 e. The SMILES string of the molecule is C[C@@]12Cc3c([nH]c4cc(F)c(Cl)cc34)[C@@H](c3cccc(O)c3)N1C(=O)N(CCN1CCCCC1)C2=O. The Morgan fingerprint density at radius 3 is 2.67 bits per heavy atom. The predicted molar refractivity (Wildman–Crippen MR) is 135 cm³/mol. The zero-order valence-corrected chi connectivity index (χ0v) is 20.8. The van der Waals surface area contributed by atoms with Crippen molar-refractivity contribution in [2.45, 2.75) is 44.2 Å². The zero-order valence-electron chi connectivity index (χ0n) is 20.1. The van der Waals surface area contributed by atoms with Gasteiger partial charge in [-0.25, -0.2) is 9.18 Å². The molecule has 0 bridgehead atoms. The molecule has 0 aliphatic carbocycles. The Kier molecular flexibility index (Phi) is 5.50. The van der Waals surface area contributed by atoms with Gasteiger partial charge in [-0.15, -0.1) is 0 Å². The van der Waals surface area contributed by atoms with E-state index in [4.69, 9.17) is 11.6 Å². The molecule has 2 N–H and O–H groups in total. The number of nitrogens with zero attached hydrogens (tertiary/aromatic N) is 3. The Labute approximate surface area is 213 Å². The van der Waals surface area contributed by atoms with Crippen LogP contribution in [0.4, 0.5) is 9.18 Å². The summed E-state index contributed by atoms with van der Waals surface area (Å²) in [6.45, 7) is 4.76. The lowest BCUT2D eigenvalue weighted by Crippen LogP contribution is -2.53. The number of amides is 3. The Hall–Kier alpha value is -3.10. The number of imide groups is 1. The number of aromatic hydroxyl groups is 1. The van der Waals surface area contributed by atoms with Crippen LogP contribution < -0.4 is 0 Å². The van der Waals surface area contributed by atoms with E-state index in [1.54, 1.807) is 36.1 Å². The van der Waals surface area contributed by atoms with Crippen molar-refractivity contribution in [1.82, 2.24) is 19.7 Å². The van der Waals surface area contributed by atoms with E-state index >= 15 is 0 Å². The predicted octanol–water partition coefficient (Wildman–Crippen LogP) is 4.82. The second kappa shape index (κ2) is 8.49. The van der Waals surface area contributed by atoms with Crippen LogP contribution in [-0.2, 0) is 11.2 Å². The van der Waals surface area contributed by atoms with Gasteiger partial charge in [0.1, 0.15) is 23.1 Å². The molecule has 2 saturated heterocycles. The molecule has 1 aromatic heterocycles. The first-order valence-electron chi connectivity index (χ1n) is 12.4. The molecule has 0 spiro atoms. The number of hydrogen-bond donors (Lipinski definition) is 2. The number of urea groups is 1. The van der Waals surface area contributed by atoms with E-state index in [0.717, 1.165) is 36.9 Å². The third kappa shape index (κ3) is 3.50. The van der Waals surface area contributed by atoms with Crippen LogP contribution in [0.2, 0.25) is 5.02 Å². The van der Waals surface area contributed by atoms with Gasteiger partial charge in [0.05, 0.1) is 5.02 Å². The van der Waals surface area contributed by atoms with E-state index in [2.05, 4.69) is 9.88 Å². The number of likely N-dealkylation sites (tertiary alicyclic amines) is 1. The van der Waals surface area contributed by atoms with Crippen molar-refractivity contribution in [2.24, 2.45) is 0 Å². The number of aromatic nitrogens is 1. The highest BCUT2D eigenvalue weighted by Gasteiger charge is 2.60. The first-order chi connectivity index (χ1) is 17.3. The van der Waals surface area contributed by atoms with Crippen LogP contribution in [0.25, 0.3) is 10.9 Å². The maximum absolute atomic E-state index is 14.3. The van der Waals surface area contributed by atoms with Gasteiger partial charge in [-0.2, -0.15) is 0 Å². The van der Waals surface area contributed by atoms with E-state index < -0.39 is 17.4 Å². The van der Waals surface area contributed by atoms with Crippen LogP contribution in [0.15, 0.2) is 36.4 Å². The van der Waals surface area contributed by atoms with E-state index in [-0.39, 0.29) is 29.1 Å². The third-order valence-corrected chi connectivity index (χ3v) is 8.27. The van der Waals surface area contributed by atoms with Crippen molar-refractivity contribution >= 4 is 34.4 Å². The minimum Gasteiger partial charge on any atom is -0.508 e. The Bertz CT molecular complexity index is 1380. The molecule has 3 aromatic rings. The van der Waals surface area contributed by atoms with Gasteiger partial charge >= 0.3 is 6.03 Å². The van der Waals surface area contributed by atoms with Crippen LogP contribution in [-0.4, -0.2) is 68.4 Å². The molecule has 7 nitrogen and oxygen atoms in total. The van der Waals surface area contributed by atoms with E-state index in [1.807, 2.05) is 6.07 Å². The number of phenolic OH excluding ortho intramolecular Hbond substituents is 1. The number of fused-ring (bicyclic) bond motifs is 4. The number of rotatable bonds is 4. The van der Waals surface area contributed by atoms with Gasteiger partial charge in [0, 0.05) is 36.1 Å². The Morgan fingerprint density at radius 1 is 1.14 bits per heavy atom. The molecular weight excluding hydrogens is 483 g/mol. The molecule has 4 heterocycles. The fourth-order valence-electron chi connectivity index (χ4n) is 6.17. The molecule has 188 valence electrons. The highest BCUT2D eigenvalue weighted by molar-refractivity contribution is 6.31. The molecule has 6 rings (SSSR count). The molecule has 3 aliphatic rings. The number of benzene rings is 2. The summed E-state index contributed by atoms with van der Waals surface area (Å²) in [6, 6.07) is 8.63. The van der Waals surface area contributed by atoms with Gasteiger partial charge in [0.15, 0.2) is 0 Å². The summed E-state index contributed by atoms with van der Waals surface area (Å²) in [5.74, 6) is -0.714. The molecular formula is C27H28ClFN4O3. The van der Waals surface area contributed by atoms with E-state index in [1.165, 1.54) is 17.4 Å². The Morgan fingerprint density at radius 2 is 1.92 bits per heavy atom. The number of H-pyrrole nitrogens is 1. The minimum atomic E-state index is -1.13. The lowest BCUT2D eigenvalue weighted by Gasteiger charge is -2.42. The fourth-order valence-corrected chi connectivity index (χ4v) is 6.34. The van der Waals surface area contributed by atoms with Crippen LogP contribution in [0.5, 0.6) is 5.75 Å². The van der Waals surface area contributed by atoms with Gasteiger partial charge in [-0.3, -0.25) is 14.6 Å². The highest BCUT2D eigenvalue weighted by Crippen LogP contribution is 2.49. The first kappa shape index (κ1) is 23.3. The number of phenols is 1. The summed E-state index contributed by atoms with van der Waals surface area (Å²) in [4.78, 5) is 36.4. The van der Waals surface area contributed by atoms with Gasteiger partial charge in [0.25, 0.3) is 5.91 Å². The normalized spacial score (nSPS) is 24.5. The zero-order chi connectivity index (χ0) is 25.2. The highest BCUT2D eigenvalue weighted by atomic mass is 35.5. The monoisotopic (exact) mass is 510 g/mol. The average molecular weight is 511 g/mol. The summed E-state index contributed by atoms with van der Waals surface area (Å²) < 4.78 is 14.3.